The average Bonchev–Trinajstić information content (AvgIpc) is 2.79. The summed E-state index contributed by atoms with van der Waals surface area (Å²) in [6.07, 6.45) is 3.26. The number of carbonyl (C=O) groups excluding carboxylic acids is 2. The van der Waals surface area contributed by atoms with E-state index in [1.54, 1.807) is 14.0 Å². The largest absolute Gasteiger partial charge is 0.497 e. The Morgan fingerprint density at radius 2 is 1.84 bits per heavy atom. The second-order valence-electron chi connectivity index (χ2n) is 8.92. The van der Waals surface area contributed by atoms with Gasteiger partial charge in [-0.3, -0.25) is 9.59 Å². The van der Waals surface area contributed by atoms with Crippen LogP contribution in [0.2, 0.25) is 0 Å². The number of amides is 2. The van der Waals surface area contributed by atoms with E-state index in [1.165, 1.54) is 0 Å². The first-order valence-electron chi connectivity index (χ1n) is 11.4. The molecule has 2 aliphatic heterocycles. The molecule has 2 aromatic carbocycles. The van der Waals surface area contributed by atoms with Gasteiger partial charge in [-0.1, -0.05) is 24.3 Å². The number of hydrogen-bond donors (Lipinski definition) is 1. The lowest BCUT2D eigenvalue weighted by Crippen LogP contribution is -2.54. The van der Waals surface area contributed by atoms with Gasteiger partial charge >= 0.3 is 0 Å². The third-order valence-electron chi connectivity index (χ3n) is 6.83. The summed E-state index contributed by atoms with van der Waals surface area (Å²) >= 11 is 0. The minimum absolute atomic E-state index is 0.00637. The minimum Gasteiger partial charge on any atom is -0.497 e. The van der Waals surface area contributed by atoms with Gasteiger partial charge in [0.05, 0.1) is 12.7 Å². The molecule has 170 valence electrons. The Labute approximate surface area is 189 Å². The summed E-state index contributed by atoms with van der Waals surface area (Å²) < 4.78 is 11.4. The van der Waals surface area contributed by atoms with E-state index in [4.69, 9.17) is 9.47 Å². The van der Waals surface area contributed by atoms with Gasteiger partial charge in [-0.05, 0) is 67.5 Å². The van der Waals surface area contributed by atoms with Crippen molar-refractivity contribution in [1.82, 2.24) is 10.2 Å². The van der Waals surface area contributed by atoms with Crippen LogP contribution in [0.4, 0.5) is 0 Å². The Morgan fingerprint density at radius 3 is 2.50 bits per heavy atom. The number of hydrogen-bond acceptors (Lipinski definition) is 4. The maximum Gasteiger partial charge on any atom is 0.254 e. The fraction of sp³-hybridized carbons (Fsp3) is 0.462. The molecule has 2 amide bonds. The topological polar surface area (TPSA) is 67.9 Å². The summed E-state index contributed by atoms with van der Waals surface area (Å²) in [7, 11) is 1.65. The van der Waals surface area contributed by atoms with Gasteiger partial charge in [0, 0.05) is 38.2 Å². The molecule has 4 rings (SSSR count). The highest BCUT2D eigenvalue weighted by Crippen LogP contribution is 2.36. The molecule has 2 saturated heterocycles. The molecule has 0 aliphatic carbocycles. The van der Waals surface area contributed by atoms with Crippen LogP contribution in [-0.2, 0) is 9.53 Å². The van der Waals surface area contributed by atoms with Gasteiger partial charge in [-0.15, -0.1) is 0 Å². The number of nitrogens with one attached hydrogen (secondary N) is 1. The van der Waals surface area contributed by atoms with Crippen molar-refractivity contribution in [3.05, 3.63) is 53.6 Å². The van der Waals surface area contributed by atoms with Gasteiger partial charge in [0.25, 0.3) is 5.91 Å². The number of methoxy groups -OCH3 is 1. The van der Waals surface area contributed by atoms with Gasteiger partial charge in [-0.2, -0.15) is 0 Å². The molecule has 1 atom stereocenters. The molecule has 2 aliphatic rings. The number of carbonyl (C=O) groups is 2. The zero-order chi connectivity index (χ0) is 22.7. The fourth-order valence-electron chi connectivity index (χ4n) is 5.03. The number of nitrogens with zero attached hydrogens (tertiary/aromatic N) is 1. The molecule has 2 heterocycles. The van der Waals surface area contributed by atoms with Crippen molar-refractivity contribution in [3.63, 3.8) is 0 Å². The van der Waals surface area contributed by atoms with Crippen molar-refractivity contribution < 1.29 is 19.1 Å². The molecule has 0 aromatic heterocycles. The highest BCUT2D eigenvalue weighted by Gasteiger charge is 2.41. The maximum absolute atomic E-state index is 13.4. The molecular weight excluding hydrogens is 404 g/mol. The van der Waals surface area contributed by atoms with E-state index in [2.05, 4.69) is 11.4 Å². The Morgan fingerprint density at radius 1 is 1.12 bits per heavy atom. The highest BCUT2D eigenvalue weighted by atomic mass is 16.5. The van der Waals surface area contributed by atoms with Gasteiger partial charge in [-0.25, -0.2) is 0 Å². The van der Waals surface area contributed by atoms with E-state index in [-0.39, 0.29) is 23.5 Å². The highest BCUT2D eigenvalue weighted by molar-refractivity contribution is 5.97. The average molecular weight is 437 g/mol. The Bertz CT molecular complexity index is 978. The standard InChI is InChI=1S/C26H32N2O4/c1-18-23(20-7-9-22(31-3)10-8-20)5-4-6-24(18)25(30)28-14-12-26(13-15-28)17-21(11-16-32-26)27-19(2)29/h4-10,21H,11-17H2,1-3H3,(H,27,29)/t21-/m1/s1. The molecule has 0 saturated carbocycles. The quantitative estimate of drug-likeness (QED) is 0.788. The van der Waals surface area contributed by atoms with Crippen molar-refractivity contribution in [1.29, 1.82) is 0 Å². The molecular formula is C26H32N2O4. The molecule has 1 spiro atoms. The summed E-state index contributed by atoms with van der Waals surface area (Å²) in [5.41, 5.74) is 3.62. The second-order valence-corrected chi connectivity index (χ2v) is 8.92. The number of rotatable bonds is 4. The van der Waals surface area contributed by atoms with E-state index in [1.807, 2.05) is 48.2 Å². The van der Waals surface area contributed by atoms with Gasteiger partial charge in [0.15, 0.2) is 0 Å². The summed E-state index contributed by atoms with van der Waals surface area (Å²) in [5, 5.41) is 3.04. The Hall–Kier alpha value is -2.86. The normalized spacial score (nSPS) is 20.1. The van der Waals surface area contributed by atoms with Crippen molar-refractivity contribution in [3.8, 4) is 16.9 Å². The van der Waals surface area contributed by atoms with Gasteiger partial charge in [0.2, 0.25) is 5.91 Å². The third kappa shape index (κ3) is 4.65. The van der Waals surface area contributed by atoms with E-state index in [9.17, 15) is 9.59 Å². The molecule has 1 N–H and O–H groups in total. The number of ether oxygens (including phenoxy) is 2. The van der Waals surface area contributed by atoms with Gasteiger partial charge in [0.1, 0.15) is 5.75 Å². The predicted molar refractivity (Wildman–Crippen MR) is 124 cm³/mol. The number of benzene rings is 2. The molecule has 2 fully saturated rings. The molecule has 32 heavy (non-hydrogen) atoms. The summed E-state index contributed by atoms with van der Waals surface area (Å²) in [6, 6.07) is 14.0. The number of likely N-dealkylation sites (tertiary alicyclic amines) is 1. The lowest BCUT2D eigenvalue weighted by molar-refractivity contribution is -0.128. The number of piperidine rings is 1. The monoisotopic (exact) mass is 436 g/mol. The Balaban J connectivity index is 1.46. The van der Waals surface area contributed by atoms with Crippen LogP contribution in [0.5, 0.6) is 5.75 Å². The lowest BCUT2D eigenvalue weighted by atomic mass is 9.82. The molecule has 6 heteroatoms. The van der Waals surface area contributed by atoms with Crippen LogP contribution in [-0.4, -0.2) is 55.2 Å². The fourth-order valence-corrected chi connectivity index (χ4v) is 5.03. The van der Waals surface area contributed by atoms with Crippen LogP contribution >= 0.6 is 0 Å². The first kappa shape index (κ1) is 22.3. The molecule has 0 bridgehead atoms. The van der Waals surface area contributed by atoms with Crippen LogP contribution in [0, 0.1) is 6.92 Å². The van der Waals surface area contributed by atoms with E-state index < -0.39 is 0 Å². The van der Waals surface area contributed by atoms with Crippen molar-refractivity contribution in [2.45, 2.75) is 51.2 Å². The lowest BCUT2D eigenvalue weighted by Gasteiger charge is -2.46. The van der Waals surface area contributed by atoms with Crippen molar-refractivity contribution >= 4 is 11.8 Å². The minimum atomic E-state index is -0.234. The van der Waals surface area contributed by atoms with Crippen LogP contribution in [0.15, 0.2) is 42.5 Å². The second kappa shape index (κ2) is 9.33. The summed E-state index contributed by atoms with van der Waals surface area (Å²) in [6.45, 7) is 5.56. The molecule has 0 radical (unpaired) electrons. The van der Waals surface area contributed by atoms with E-state index in [0.717, 1.165) is 53.7 Å². The van der Waals surface area contributed by atoms with Crippen LogP contribution in [0.3, 0.4) is 0 Å². The summed E-state index contributed by atoms with van der Waals surface area (Å²) in [4.78, 5) is 26.8. The zero-order valence-corrected chi connectivity index (χ0v) is 19.1. The molecule has 0 unspecified atom stereocenters. The predicted octanol–water partition coefficient (Wildman–Crippen LogP) is 3.96. The SMILES string of the molecule is COc1ccc(-c2cccc(C(=O)N3CCC4(CC3)C[C@H](NC(C)=O)CCO4)c2C)cc1. The molecule has 2 aromatic rings. The zero-order valence-electron chi connectivity index (χ0n) is 19.1. The maximum atomic E-state index is 13.4. The third-order valence-corrected chi connectivity index (χ3v) is 6.83. The summed E-state index contributed by atoms with van der Waals surface area (Å²) in [5.74, 6) is 0.889. The van der Waals surface area contributed by atoms with E-state index in [0.29, 0.717) is 19.7 Å². The first-order chi connectivity index (χ1) is 15.4. The van der Waals surface area contributed by atoms with Crippen LogP contribution < -0.4 is 10.1 Å². The van der Waals surface area contributed by atoms with Crippen molar-refractivity contribution in [2.24, 2.45) is 0 Å². The van der Waals surface area contributed by atoms with Crippen molar-refractivity contribution in [2.75, 3.05) is 26.8 Å². The van der Waals surface area contributed by atoms with Gasteiger partial charge < -0.3 is 19.7 Å². The first-order valence-corrected chi connectivity index (χ1v) is 11.4. The van der Waals surface area contributed by atoms with Crippen LogP contribution in [0.25, 0.3) is 11.1 Å². The Kier molecular flexibility index (Phi) is 6.51. The van der Waals surface area contributed by atoms with Crippen LogP contribution in [0.1, 0.15) is 48.5 Å². The molecule has 6 nitrogen and oxygen atoms in total. The van der Waals surface area contributed by atoms with E-state index >= 15 is 0 Å². The smallest absolute Gasteiger partial charge is 0.254 e.